The average molecular weight is 369 g/mol. The number of rotatable bonds is 6. The van der Waals surface area contributed by atoms with Gasteiger partial charge in [0.2, 0.25) is 5.95 Å². The summed E-state index contributed by atoms with van der Waals surface area (Å²) in [6, 6.07) is 4.10. The summed E-state index contributed by atoms with van der Waals surface area (Å²) in [5.74, 6) is 0.236. The minimum atomic E-state index is -0.730. The van der Waals surface area contributed by atoms with E-state index in [2.05, 4.69) is 30.2 Å². The van der Waals surface area contributed by atoms with Crippen LogP contribution in [-0.2, 0) is 0 Å². The maximum atomic E-state index is 9.54. The van der Waals surface area contributed by atoms with E-state index < -0.39 is 6.10 Å². The lowest BCUT2D eigenvalue weighted by Crippen LogP contribution is -2.38. The molecule has 0 radical (unpaired) electrons. The van der Waals surface area contributed by atoms with Crippen molar-refractivity contribution >= 4 is 22.7 Å². The van der Waals surface area contributed by atoms with Crippen molar-refractivity contribution < 1.29 is 10.2 Å². The van der Waals surface area contributed by atoms with E-state index in [-0.39, 0.29) is 18.6 Å². The van der Waals surface area contributed by atoms with Gasteiger partial charge in [0.15, 0.2) is 0 Å². The van der Waals surface area contributed by atoms with Crippen molar-refractivity contribution in [2.45, 2.75) is 18.6 Å². The number of nitrogens with zero attached hydrogens (tertiary/aromatic N) is 4. The Bertz CT molecular complexity index is 929. The second-order valence-corrected chi connectivity index (χ2v) is 6.73. The van der Waals surface area contributed by atoms with Crippen molar-refractivity contribution in [3.8, 4) is 11.3 Å². The van der Waals surface area contributed by atoms with Crippen molar-refractivity contribution in [1.82, 2.24) is 25.3 Å². The average Bonchev–Trinajstić information content (AvgIpc) is 3.33. The predicted molar refractivity (Wildman–Crippen MR) is 103 cm³/mol. The van der Waals surface area contributed by atoms with E-state index in [1.54, 1.807) is 12.4 Å². The highest BCUT2D eigenvalue weighted by Crippen LogP contribution is 2.35. The number of pyridine rings is 1. The molecule has 142 valence electrons. The van der Waals surface area contributed by atoms with Gasteiger partial charge in [-0.05, 0) is 18.6 Å². The number of aliphatic hydroxyl groups is 2. The number of nitrogen functional groups attached to an aromatic ring is 1. The number of aromatic amines is 1. The molecule has 1 aliphatic heterocycles. The first-order valence-electron chi connectivity index (χ1n) is 8.98. The Labute approximate surface area is 156 Å². The van der Waals surface area contributed by atoms with Crippen LogP contribution in [0.15, 0.2) is 30.7 Å². The molecule has 0 spiro atoms. The van der Waals surface area contributed by atoms with Gasteiger partial charge in [0, 0.05) is 49.8 Å². The molecule has 27 heavy (non-hydrogen) atoms. The van der Waals surface area contributed by atoms with Crippen LogP contribution in [0.4, 0.5) is 11.6 Å². The summed E-state index contributed by atoms with van der Waals surface area (Å²) in [6.45, 7) is 1.86. The van der Waals surface area contributed by atoms with E-state index in [1.807, 2.05) is 18.3 Å². The van der Waals surface area contributed by atoms with Crippen LogP contribution >= 0.6 is 0 Å². The van der Waals surface area contributed by atoms with Crippen LogP contribution in [0.25, 0.3) is 22.3 Å². The Morgan fingerprint density at radius 2 is 2.19 bits per heavy atom. The Morgan fingerprint density at radius 1 is 1.33 bits per heavy atom. The third-order valence-corrected chi connectivity index (χ3v) is 4.88. The maximum absolute atomic E-state index is 9.54. The number of aromatic nitrogens is 4. The molecule has 0 aromatic carbocycles. The number of H-pyrrole nitrogens is 1. The normalized spacial score (nSPS) is 18.3. The lowest BCUT2D eigenvalue weighted by molar-refractivity contribution is 0.0924. The number of hydrogen-bond donors (Lipinski definition) is 5. The zero-order valence-electron chi connectivity index (χ0n) is 14.8. The number of fused-ring (bicyclic) bond motifs is 1. The van der Waals surface area contributed by atoms with Crippen molar-refractivity contribution in [2.75, 3.05) is 36.9 Å². The van der Waals surface area contributed by atoms with E-state index >= 15 is 0 Å². The van der Waals surface area contributed by atoms with Crippen molar-refractivity contribution in [3.63, 3.8) is 0 Å². The molecule has 9 heteroatoms. The lowest BCUT2D eigenvalue weighted by atomic mass is 10.1. The van der Waals surface area contributed by atoms with Crippen molar-refractivity contribution in [3.05, 3.63) is 30.7 Å². The molecule has 9 nitrogen and oxygen atoms in total. The monoisotopic (exact) mass is 369 g/mol. The zero-order chi connectivity index (χ0) is 18.8. The van der Waals surface area contributed by atoms with Gasteiger partial charge >= 0.3 is 0 Å². The fraction of sp³-hybridized carbons (Fsp3) is 0.389. The molecule has 6 N–H and O–H groups in total. The summed E-state index contributed by atoms with van der Waals surface area (Å²) in [7, 11) is 0. The first-order chi connectivity index (χ1) is 13.2. The van der Waals surface area contributed by atoms with Crippen LogP contribution in [0.1, 0.15) is 6.42 Å². The highest BCUT2D eigenvalue weighted by atomic mass is 16.3. The number of anilines is 2. The van der Waals surface area contributed by atoms with E-state index in [9.17, 15) is 5.11 Å². The SMILES string of the molecule is Nc1nccc(-c2c[nH]c3nccc(N4CCC(NCC(O)CO)C4)c23)n1. The van der Waals surface area contributed by atoms with E-state index in [0.717, 1.165) is 47.5 Å². The molecule has 0 saturated carbocycles. The molecule has 0 bridgehead atoms. The molecular formula is C18H23N7O2. The van der Waals surface area contributed by atoms with E-state index in [1.165, 1.54) is 0 Å². The van der Waals surface area contributed by atoms with Crippen LogP contribution in [0.5, 0.6) is 0 Å². The number of nitrogens with two attached hydrogens (primary N) is 1. The summed E-state index contributed by atoms with van der Waals surface area (Å²) in [6.07, 6.45) is 5.57. The number of nitrogens with one attached hydrogen (secondary N) is 2. The Hall–Kier alpha value is -2.75. The molecule has 3 aromatic heterocycles. The molecule has 3 aromatic rings. The molecule has 4 heterocycles. The molecule has 1 aliphatic rings. The van der Waals surface area contributed by atoms with Crippen LogP contribution in [-0.4, -0.2) is 68.5 Å². The number of hydrogen-bond acceptors (Lipinski definition) is 8. The molecule has 2 unspecified atom stereocenters. The van der Waals surface area contributed by atoms with Gasteiger partial charge in [-0.2, -0.15) is 0 Å². The van der Waals surface area contributed by atoms with Gasteiger partial charge in [0.25, 0.3) is 0 Å². The van der Waals surface area contributed by atoms with Gasteiger partial charge < -0.3 is 31.1 Å². The van der Waals surface area contributed by atoms with E-state index in [4.69, 9.17) is 10.8 Å². The molecule has 2 atom stereocenters. The molecule has 4 rings (SSSR count). The molecule has 1 fully saturated rings. The van der Waals surface area contributed by atoms with Gasteiger partial charge in [-0.25, -0.2) is 15.0 Å². The standard InChI is InChI=1S/C18H23N7O2/c19-18-21-4-1-14(24-18)13-8-23-17-16(13)15(2-5-20-17)25-6-3-11(9-25)22-7-12(27)10-26/h1-2,4-5,8,11-12,22,26-27H,3,6-7,9-10H2,(H,20,23)(H2,19,21,24). The highest BCUT2D eigenvalue weighted by molar-refractivity contribution is 6.02. The second kappa shape index (κ2) is 7.47. The van der Waals surface area contributed by atoms with Crippen molar-refractivity contribution in [1.29, 1.82) is 0 Å². The van der Waals surface area contributed by atoms with Crippen LogP contribution < -0.4 is 16.0 Å². The highest BCUT2D eigenvalue weighted by Gasteiger charge is 2.25. The van der Waals surface area contributed by atoms with Gasteiger partial charge in [0.1, 0.15) is 5.65 Å². The summed E-state index contributed by atoms with van der Waals surface area (Å²) in [5.41, 5.74) is 9.32. The smallest absolute Gasteiger partial charge is 0.220 e. The summed E-state index contributed by atoms with van der Waals surface area (Å²) in [4.78, 5) is 18.3. The van der Waals surface area contributed by atoms with Gasteiger partial charge in [-0.15, -0.1) is 0 Å². The van der Waals surface area contributed by atoms with Gasteiger partial charge in [-0.3, -0.25) is 0 Å². The lowest BCUT2D eigenvalue weighted by Gasteiger charge is -2.21. The molecule has 0 amide bonds. The topological polar surface area (TPSA) is 136 Å². The fourth-order valence-corrected chi connectivity index (χ4v) is 3.54. The Kier molecular flexibility index (Phi) is 4.88. The van der Waals surface area contributed by atoms with Crippen LogP contribution in [0.2, 0.25) is 0 Å². The molecule has 1 saturated heterocycles. The van der Waals surface area contributed by atoms with Crippen LogP contribution in [0.3, 0.4) is 0 Å². The van der Waals surface area contributed by atoms with Crippen molar-refractivity contribution in [2.24, 2.45) is 0 Å². The fourth-order valence-electron chi connectivity index (χ4n) is 3.54. The summed E-state index contributed by atoms with van der Waals surface area (Å²) < 4.78 is 0. The first-order valence-corrected chi connectivity index (χ1v) is 8.98. The van der Waals surface area contributed by atoms with E-state index in [0.29, 0.717) is 6.54 Å². The predicted octanol–water partition coefficient (Wildman–Crippen LogP) is 0.124. The molecular weight excluding hydrogens is 346 g/mol. The Morgan fingerprint density at radius 3 is 3.00 bits per heavy atom. The minimum Gasteiger partial charge on any atom is -0.394 e. The van der Waals surface area contributed by atoms with Crippen LogP contribution in [0, 0.1) is 0 Å². The van der Waals surface area contributed by atoms with Gasteiger partial charge in [0.05, 0.1) is 29.5 Å². The second-order valence-electron chi connectivity index (χ2n) is 6.73. The summed E-state index contributed by atoms with van der Waals surface area (Å²) >= 11 is 0. The largest absolute Gasteiger partial charge is 0.394 e. The van der Waals surface area contributed by atoms with Gasteiger partial charge in [-0.1, -0.05) is 0 Å². The Balaban J connectivity index is 1.62. The molecule has 0 aliphatic carbocycles. The third-order valence-electron chi connectivity index (χ3n) is 4.88. The summed E-state index contributed by atoms with van der Waals surface area (Å²) in [5, 5.41) is 22.8. The third kappa shape index (κ3) is 3.57. The minimum absolute atomic E-state index is 0.233. The quantitative estimate of drug-likeness (QED) is 0.413. The number of aliphatic hydroxyl groups excluding tert-OH is 2. The first kappa shape index (κ1) is 17.7. The maximum Gasteiger partial charge on any atom is 0.220 e. The zero-order valence-corrected chi connectivity index (χ0v) is 14.8.